The molecule has 0 bridgehead atoms. The van der Waals surface area contributed by atoms with Gasteiger partial charge in [0.15, 0.2) is 6.10 Å². The molecule has 1 unspecified atom stereocenters. The van der Waals surface area contributed by atoms with Crippen LogP contribution < -0.4 is 5.32 Å². The molecule has 0 saturated carbocycles. The van der Waals surface area contributed by atoms with E-state index in [4.69, 9.17) is 9.72 Å². The van der Waals surface area contributed by atoms with E-state index in [-0.39, 0.29) is 5.91 Å². The number of fused-ring (bicyclic) bond motifs is 2. The average molecular weight is 508 g/mol. The number of aromatic nitrogens is 1. The number of benzene rings is 3. The number of aryl methyl sites for hydroxylation is 2. The largest absolute Gasteiger partial charge is 0.449 e. The molecule has 0 spiro atoms. The van der Waals surface area contributed by atoms with Crippen LogP contribution in [-0.4, -0.2) is 34.4 Å². The summed E-state index contributed by atoms with van der Waals surface area (Å²) in [7, 11) is 0. The molecule has 1 N–H and O–H groups in total. The van der Waals surface area contributed by atoms with Gasteiger partial charge in [0, 0.05) is 48.4 Å². The number of anilines is 1. The van der Waals surface area contributed by atoms with Gasteiger partial charge < -0.3 is 10.1 Å². The second-order valence-corrected chi connectivity index (χ2v) is 9.97. The highest BCUT2D eigenvalue weighted by Gasteiger charge is 2.29. The lowest BCUT2D eigenvalue weighted by molar-refractivity contribution is -0.124. The number of pyridine rings is 1. The van der Waals surface area contributed by atoms with Crippen molar-refractivity contribution in [3.63, 3.8) is 0 Å². The van der Waals surface area contributed by atoms with Crippen molar-refractivity contribution in [3.8, 4) is 0 Å². The first-order valence-electron chi connectivity index (χ1n) is 13.2. The van der Waals surface area contributed by atoms with Gasteiger partial charge in [-0.3, -0.25) is 14.7 Å². The Labute approximate surface area is 223 Å². The molecule has 1 amide bonds. The zero-order chi connectivity index (χ0) is 26.6. The standard InChI is InChI=1S/C32H33N3O3/c1-4-29(31(36)33-24-15-14-21(2)22(3)18-24)38-32(37)30-25-12-8-9-13-27(25)34-28-16-17-35(20-26(28)30)19-23-10-6-5-7-11-23/h5-15,18,29H,4,16-17,19-20H2,1-3H3,(H,33,36). The van der Waals surface area contributed by atoms with Crippen molar-refractivity contribution in [3.05, 3.63) is 106 Å². The van der Waals surface area contributed by atoms with Crippen LogP contribution in [0.3, 0.4) is 0 Å². The van der Waals surface area contributed by atoms with Gasteiger partial charge in [0.25, 0.3) is 5.91 Å². The number of nitrogens with one attached hydrogen (secondary N) is 1. The van der Waals surface area contributed by atoms with Crippen LogP contribution in [0.1, 0.15) is 51.7 Å². The van der Waals surface area contributed by atoms with Gasteiger partial charge >= 0.3 is 5.97 Å². The van der Waals surface area contributed by atoms with Crippen molar-refractivity contribution in [2.45, 2.75) is 52.8 Å². The molecule has 3 aromatic carbocycles. The summed E-state index contributed by atoms with van der Waals surface area (Å²) in [5.41, 5.74) is 7.25. The van der Waals surface area contributed by atoms with Gasteiger partial charge in [-0.15, -0.1) is 0 Å². The van der Waals surface area contributed by atoms with Crippen LogP contribution in [0.15, 0.2) is 72.8 Å². The summed E-state index contributed by atoms with van der Waals surface area (Å²) in [6.07, 6.45) is 0.210. The SMILES string of the molecule is CCC(OC(=O)c1c2c(nc3ccccc13)CCN(Cc1ccccc1)C2)C(=O)Nc1ccc(C)c(C)c1. The molecular formula is C32H33N3O3. The summed E-state index contributed by atoms with van der Waals surface area (Å²) in [5.74, 6) is -0.814. The number of para-hydroxylation sites is 1. The third-order valence-corrected chi connectivity index (χ3v) is 7.27. The fourth-order valence-corrected chi connectivity index (χ4v) is 5.01. The van der Waals surface area contributed by atoms with E-state index in [1.54, 1.807) is 0 Å². The predicted molar refractivity (Wildman–Crippen MR) is 150 cm³/mol. The summed E-state index contributed by atoms with van der Waals surface area (Å²) >= 11 is 0. The van der Waals surface area contributed by atoms with Gasteiger partial charge in [-0.25, -0.2) is 4.79 Å². The number of hydrogen-bond donors (Lipinski definition) is 1. The molecule has 6 heteroatoms. The van der Waals surface area contributed by atoms with E-state index in [2.05, 4.69) is 22.3 Å². The Morgan fingerprint density at radius 1 is 1.00 bits per heavy atom. The second kappa shape index (κ2) is 11.2. The molecule has 2 heterocycles. The van der Waals surface area contributed by atoms with Crippen LogP contribution in [0.25, 0.3) is 10.9 Å². The van der Waals surface area contributed by atoms with E-state index < -0.39 is 12.1 Å². The quantitative estimate of drug-likeness (QED) is 0.312. The third-order valence-electron chi connectivity index (χ3n) is 7.27. The van der Waals surface area contributed by atoms with Gasteiger partial charge in [-0.2, -0.15) is 0 Å². The Balaban J connectivity index is 1.42. The maximum Gasteiger partial charge on any atom is 0.340 e. The lowest BCUT2D eigenvalue weighted by Gasteiger charge is -2.30. The predicted octanol–water partition coefficient (Wildman–Crippen LogP) is 5.98. The van der Waals surface area contributed by atoms with E-state index in [0.717, 1.165) is 52.8 Å². The molecule has 6 nitrogen and oxygen atoms in total. The topological polar surface area (TPSA) is 71.5 Å². The highest BCUT2D eigenvalue weighted by molar-refractivity contribution is 6.06. The Morgan fingerprint density at radius 3 is 2.53 bits per heavy atom. The number of nitrogens with zero attached hydrogens (tertiary/aromatic N) is 2. The van der Waals surface area contributed by atoms with Gasteiger partial charge in [0.2, 0.25) is 0 Å². The molecule has 0 fully saturated rings. The lowest BCUT2D eigenvalue weighted by atomic mass is 9.95. The van der Waals surface area contributed by atoms with Gasteiger partial charge in [0.1, 0.15) is 0 Å². The van der Waals surface area contributed by atoms with Crippen molar-refractivity contribution >= 4 is 28.5 Å². The highest BCUT2D eigenvalue weighted by atomic mass is 16.5. The van der Waals surface area contributed by atoms with Crippen LogP contribution in [0.4, 0.5) is 5.69 Å². The van der Waals surface area contributed by atoms with Crippen molar-refractivity contribution < 1.29 is 14.3 Å². The van der Waals surface area contributed by atoms with Crippen LogP contribution in [0.2, 0.25) is 0 Å². The minimum atomic E-state index is -0.907. The summed E-state index contributed by atoms with van der Waals surface area (Å²) in [5, 5.41) is 3.67. The molecule has 1 atom stereocenters. The molecule has 1 aliphatic rings. The molecular weight excluding hydrogens is 474 g/mol. The molecule has 4 aromatic rings. The normalized spacial score (nSPS) is 14.1. The van der Waals surface area contributed by atoms with Crippen LogP contribution >= 0.6 is 0 Å². The van der Waals surface area contributed by atoms with E-state index >= 15 is 0 Å². The first-order chi connectivity index (χ1) is 18.4. The molecule has 0 radical (unpaired) electrons. The Kier molecular flexibility index (Phi) is 7.52. The Morgan fingerprint density at radius 2 is 1.76 bits per heavy atom. The number of rotatable bonds is 7. The smallest absolute Gasteiger partial charge is 0.340 e. The highest BCUT2D eigenvalue weighted by Crippen LogP contribution is 2.30. The van der Waals surface area contributed by atoms with Gasteiger partial charge in [0.05, 0.1) is 11.1 Å². The molecule has 38 heavy (non-hydrogen) atoms. The maximum absolute atomic E-state index is 13.8. The summed E-state index contributed by atoms with van der Waals surface area (Å²) in [6.45, 7) is 8.12. The molecule has 1 aliphatic heterocycles. The minimum Gasteiger partial charge on any atom is -0.449 e. The Hall–Kier alpha value is -4.03. The van der Waals surface area contributed by atoms with Crippen LogP contribution in [-0.2, 0) is 29.0 Å². The maximum atomic E-state index is 13.8. The monoisotopic (exact) mass is 507 g/mol. The molecule has 0 saturated heterocycles. The zero-order valence-electron chi connectivity index (χ0n) is 22.2. The van der Waals surface area contributed by atoms with Gasteiger partial charge in [-0.1, -0.05) is 61.5 Å². The molecule has 194 valence electrons. The van der Waals surface area contributed by atoms with E-state index in [1.807, 2.05) is 81.4 Å². The summed E-state index contributed by atoms with van der Waals surface area (Å²) in [6, 6.07) is 23.7. The number of hydrogen-bond acceptors (Lipinski definition) is 5. The molecule has 5 rings (SSSR count). The number of carbonyl (C=O) groups excluding carboxylic acids is 2. The molecule has 0 aliphatic carbocycles. The average Bonchev–Trinajstić information content (AvgIpc) is 2.92. The van der Waals surface area contributed by atoms with Crippen molar-refractivity contribution in [2.75, 3.05) is 11.9 Å². The lowest BCUT2D eigenvalue weighted by Crippen LogP contribution is -2.34. The first kappa shape index (κ1) is 25.6. The van der Waals surface area contributed by atoms with E-state index in [1.165, 1.54) is 5.56 Å². The fourth-order valence-electron chi connectivity index (χ4n) is 5.01. The fraction of sp³-hybridized carbons (Fsp3) is 0.281. The summed E-state index contributed by atoms with van der Waals surface area (Å²) < 4.78 is 5.90. The van der Waals surface area contributed by atoms with E-state index in [9.17, 15) is 9.59 Å². The van der Waals surface area contributed by atoms with Gasteiger partial charge in [-0.05, 0) is 55.2 Å². The van der Waals surface area contributed by atoms with Crippen LogP contribution in [0, 0.1) is 13.8 Å². The summed E-state index contributed by atoms with van der Waals surface area (Å²) in [4.78, 5) is 34.1. The second-order valence-electron chi connectivity index (χ2n) is 9.97. The number of amides is 1. The Bertz CT molecular complexity index is 1480. The third kappa shape index (κ3) is 5.46. The number of esters is 1. The van der Waals surface area contributed by atoms with Crippen molar-refractivity contribution in [1.82, 2.24) is 9.88 Å². The van der Waals surface area contributed by atoms with Crippen LogP contribution in [0.5, 0.6) is 0 Å². The zero-order valence-corrected chi connectivity index (χ0v) is 22.2. The molecule has 1 aromatic heterocycles. The van der Waals surface area contributed by atoms with Crippen molar-refractivity contribution in [1.29, 1.82) is 0 Å². The van der Waals surface area contributed by atoms with E-state index in [0.29, 0.717) is 24.2 Å². The van der Waals surface area contributed by atoms with Crippen molar-refractivity contribution in [2.24, 2.45) is 0 Å². The number of ether oxygens (including phenoxy) is 1. The number of carbonyl (C=O) groups is 2. The first-order valence-corrected chi connectivity index (χ1v) is 13.2. The minimum absolute atomic E-state index is 0.331.